The number of hydrogen-bond donors (Lipinski definition) is 1. The molecule has 0 radical (unpaired) electrons. The number of amides is 1. The quantitative estimate of drug-likeness (QED) is 0.343. The standard InChI is InChI=1S/C18H19N3O6/c1-12(2)16(20-18(23)26-11-13-7-9-19-10-8-13)17(22)27-15-5-3-14(4-6-15)21(24)25/h3-10,12,16H,11H2,1-2H3,(H,20,23). The molecule has 1 aromatic heterocycles. The van der Waals surface area contributed by atoms with Gasteiger partial charge in [-0.1, -0.05) is 13.8 Å². The normalized spacial score (nSPS) is 11.5. The minimum atomic E-state index is -0.940. The molecule has 0 aliphatic carbocycles. The number of pyridine rings is 1. The van der Waals surface area contributed by atoms with Crippen molar-refractivity contribution < 1.29 is 24.0 Å². The molecular weight excluding hydrogens is 354 g/mol. The molecule has 0 fully saturated rings. The summed E-state index contributed by atoms with van der Waals surface area (Å²) in [5.41, 5.74) is 0.641. The topological polar surface area (TPSA) is 121 Å². The van der Waals surface area contributed by atoms with Gasteiger partial charge < -0.3 is 14.8 Å². The second-order valence-electron chi connectivity index (χ2n) is 5.97. The van der Waals surface area contributed by atoms with Crippen molar-refractivity contribution in [2.24, 2.45) is 5.92 Å². The van der Waals surface area contributed by atoms with E-state index in [1.165, 1.54) is 24.3 Å². The van der Waals surface area contributed by atoms with Crippen LogP contribution in [0.5, 0.6) is 5.75 Å². The van der Waals surface area contributed by atoms with E-state index >= 15 is 0 Å². The predicted molar refractivity (Wildman–Crippen MR) is 94.9 cm³/mol. The molecule has 0 bridgehead atoms. The maximum Gasteiger partial charge on any atom is 0.408 e. The molecule has 1 unspecified atom stereocenters. The van der Waals surface area contributed by atoms with Crippen LogP contribution in [-0.4, -0.2) is 28.0 Å². The number of non-ortho nitro benzene ring substituents is 1. The largest absolute Gasteiger partial charge is 0.445 e. The van der Waals surface area contributed by atoms with E-state index in [2.05, 4.69) is 10.3 Å². The lowest BCUT2D eigenvalue weighted by atomic mass is 10.1. The summed E-state index contributed by atoms with van der Waals surface area (Å²) in [4.78, 5) is 38.3. The van der Waals surface area contributed by atoms with Gasteiger partial charge in [0.15, 0.2) is 0 Å². The van der Waals surface area contributed by atoms with E-state index in [0.717, 1.165) is 5.56 Å². The molecule has 1 aromatic carbocycles. The van der Waals surface area contributed by atoms with Crippen LogP contribution in [0.3, 0.4) is 0 Å². The third-order valence-corrected chi connectivity index (χ3v) is 3.58. The Bertz CT molecular complexity index is 793. The Balaban J connectivity index is 1.93. The number of carbonyl (C=O) groups is 2. The van der Waals surface area contributed by atoms with Crippen molar-refractivity contribution in [2.45, 2.75) is 26.5 Å². The Morgan fingerprint density at radius 1 is 1.15 bits per heavy atom. The van der Waals surface area contributed by atoms with Gasteiger partial charge in [0.05, 0.1) is 4.92 Å². The van der Waals surface area contributed by atoms with Crippen molar-refractivity contribution in [3.63, 3.8) is 0 Å². The first kappa shape index (κ1) is 19.8. The van der Waals surface area contributed by atoms with Gasteiger partial charge in [0, 0.05) is 24.5 Å². The van der Waals surface area contributed by atoms with Crippen LogP contribution in [-0.2, 0) is 16.1 Å². The zero-order valence-corrected chi connectivity index (χ0v) is 14.8. The summed E-state index contributed by atoms with van der Waals surface area (Å²) in [5.74, 6) is -0.813. The van der Waals surface area contributed by atoms with Gasteiger partial charge in [-0.15, -0.1) is 0 Å². The lowest BCUT2D eigenvalue weighted by Crippen LogP contribution is -2.46. The number of nitro groups is 1. The van der Waals surface area contributed by atoms with E-state index in [1.807, 2.05) is 0 Å². The van der Waals surface area contributed by atoms with Crippen molar-refractivity contribution in [3.05, 3.63) is 64.5 Å². The predicted octanol–water partition coefficient (Wildman–Crippen LogP) is 2.85. The third-order valence-electron chi connectivity index (χ3n) is 3.58. The number of rotatable bonds is 7. The van der Waals surface area contributed by atoms with Crippen LogP contribution in [0.2, 0.25) is 0 Å². The van der Waals surface area contributed by atoms with Gasteiger partial charge in [-0.05, 0) is 35.7 Å². The maximum atomic E-state index is 12.3. The van der Waals surface area contributed by atoms with Gasteiger partial charge in [-0.25, -0.2) is 9.59 Å². The second kappa shape index (κ2) is 9.27. The van der Waals surface area contributed by atoms with Crippen LogP contribution in [0.1, 0.15) is 19.4 Å². The highest BCUT2D eigenvalue weighted by atomic mass is 16.6. The first-order valence-electron chi connectivity index (χ1n) is 8.15. The fourth-order valence-corrected chi connectivity index (χ4v) is 2.11. The minimum Gasteiger partial charge on any atom is -0.445 e. The molecule has 0 aliphatic rings. The first-order chi connectivity index (χ1) is 12.9. The number of alkyl carbamates (subject to hydrolysis) is 1. The minimum absolute atomic E-state index is 0.0383. The molecule has 2 rings (SSSR count). The molecule has 1 amide bonds. The van der Waals surface area contributed by atoms with E-state index in [9.17, 15) is 19.7 Å². The molecule has 0 spiro atoms. The van der Waals surface area contributed by atoms with Gasteiger partial charge in [-0.3, -0.25) is 15.1 Å². The number of ether oxygens (including phenoxy) is 2. The Morgan fingerprint density at radius 3 is 2.33 bits per heavy atom. The van der Waals surface area contributed by atoms with Crippen LogP contribution in [0.25, 0.3) is 0 Å². The van der Waals surface area contributed by atoms with Crippen molar-refractivity contribution in [3.8, 4) is 5.75 Å². The van der Waals surface area contributed by atoms with Crippen molar-refractivity contribution in [1.29, 1.82) is 0 Å². The molecule has 0 saturated heterocycles. The van der Waals surface area contributed by atoms with E-state index in [-0.39, 0.29) is 24.0 Å². The van der Waals surface area contributed by atoms with Crippen LogP contribution in [0.15, 0.2) is 48.8 Å². The van der Waals surface area contributed by atoms with Crippen LogP contribution < -0.4 is 10.1 Å². The number of aromatic nitrogens is 1. The van der Waals surface area contributed by atoms with Crippen molar-refractivity contribution in [1.82, 2.24) is 10.3 Å². The van der Waals surface area contributed by atoms with Crippen molar-refractivity contribution in [2.75, 3.05) is 0 Å². The highest BCUT2D eigenvalue weighted by Crippen LogP contribution is 2.18. The van der Waals surface area contributed by atoms with Crippen LogP contribution in [0.4, 0.5) is 10.5 Å². The summed E-state index contributed by atoms with van der Waals surface area (Å²) in [6.45, 7) is 3.52. The summed E-state index contributed by atoms with van der Waals surface area (Å²) < 4.78 is 10.3. The SMILES string of the molecule is CC(C)C(NC(=O)OCc1ccncc1)C(=O)Oc1ccc([N+](=O)[O-])cc1. The molecule has 27 heavy (non-hydrogen) atoms. The molecule has 9 heteroatoms. The Morgan fingerprint density at radius 2 is 1.78 bits per heavy atom. The molecule has 2 aromatic rings. The highest BCUT2D eigenvalue weighted by molar-refractivity contribution is 5.83. The summed E-state index contributed by atoms with van der Waals surface area (Å²) in [6, 6.07) is 7.55. The Kier molecular flexibility index (Phi) is 6.81. The number of carbonyl (C=O) groups excluding carboxylic acids is 2. The average Bonchev–Trinajstić information content (AvgIpc) is 2.65. The molecule has 1 N–H and O–H groups in total. The lowest BCUT2D eigenvalue weighted by molar-refractivity contribution is -0.384. The van der Waals surface area contributed by atoms with Crippen LogP contribution >= 0.6 is 0 Å². The first-order valence-corrected chi connectivity index (χ1v) is 8.15. The van der Waals surface area contributed by atoms with E-state index in [1.54, 1.807) is 38.4 Å². The summed E-state index contributed by atoms with van der Waals surface area (Å²) in [6.07, 6.45) is 2.40. The van der Waals surface area contributed by atoms with Gasteiger partial charge in [-0.2, -0.15) is 0 Å². The number of hydrogen-bond acceptors (Lipinski definition) is 7. The number of nitrogens with zero attached hydrogens (tertiary/aromatic N) is 2. The monoisotopic (exact) mass is 373 g/mol. The zero-order valence-electron chi connectivity index (χ0n) is 14.8. The molecule has 1 heterocycles. The number of esters is 1. The third kappa shape index (κ3) is 6.07. The van der Waals surface area contributed by atoms with Gasteiger partial charge in [0.1, 0.15) is 18.4 Å². The van der Waals surface area contributed by atoms with Gasteiger partial charge in [0.25, 0.3) is 5.69 Å². The molecule has 0 saturated carbocycles. The van der Waals surface area contributed by atoms with Gasteiger partial charge >= 0.3 is 12.1 Å². The average molecular weight is 373 g/mol. The van der Waals surface area contributed by atoms with E-state index < -0.39 is 23.0 Å². The van der Waals surface area contributed by atoms with E-state index in [0.29, 0.717) is 0 Å². The summed E-state index contributed by atoms with van der Waals surface area (Å²) >= 11 is 0. The molecule has 142 valence electrons. The molecule has 1 atom stereocenters. The molecule has 0 aliphatic heterocycles. The zero-order chi connectivity index (χ0) is 19.8. The number of nitro benzene ring substituents is 1. The highest BCUT2D eigenvalue weighted by Gasteiger charge is 2.27. The molecule has 9 nitrogen and oxygen atoms in total. The van der Waals surface area contributed by atoms with Gasteiger partial charge in [0.2, 0.25) is 0 Å². The lowest BCUT2D eigenvalue weighted by Gasteiger charge is -2.20. The second-order valence-corrected chi connectivity index (χ2v) is 5.97. The molecular formula is C18H19N3O6. The van der Waals surface area contributed by atoms with Crippen LogP contribution in [0, 0.1) is 16.0 Å². The fourth-order valence-electron chi connectivity index (χ4n) is 2.11. The van der Waals surface area contributed by atoms with E-state index in [4.69, 9.17) is 9.47 Å². The summed E-state index contributed by atoms with van der Waals surface area (Å²) in [5, 5.41) is 13.1. The number of benzene rings is 1. The van der Waals surface area contributed by atoms with Crippen molar-refractivity contribution >= 4 is 17.7 Å². The Hall–Kier alpha value is -3.49. The summed E-state index contributed by atoms with van der Waals surface area (Å²) in [7, 11) is 0. The Labute approximate surface area is 155 Å². The smallest absolute Gasteiger partial charge is 0.408 e. The fraction of sp³-hybridized carbons (Fsp3) is 0.278. The maximum absolute atomic E-state index is 12.3. The number of nitrogens with one attached hydrogen (secondary N) is 1.